The third-order valence-electron chi connectivity index (χ3n) is 4.34. The lowest BCUT2D eigenvalue weighted by Gasteiger charge is -2.37. The number of carbonyl (C=O) groups is 1. The fourth-order valence-corrected chi connectivity index (χ4v) is 3.19. The van der Waals surface area contributed by atoms with E-state index in [9.17, 15) is 4.79 Å². The molecular weight excluding hydrogens is 306 g/mol. The second kappa shape index (κ2) is 7.23. The second-order valence-corrected chi connectivity index (χ2v) is 7.91. The number of esters is 1. The average Bonchev–Trinajstić information content (AvgIpc) is 3.06. The Hall–Kier alpha value is -1.40. The van der Waals surface area contributed by atoms with Crippen molar-refractivity contribution in [1.29, 1.82) is 0 Å². The van der Waals surface area contributed by atoms with Crippen LogP contribution in [0.4, 0.5) is 0 Å². The molecule has 1 aliphatic heterocycles. The zero-order valence-corrected chi connectivity index (χ0v) is 15.8. The molecule has 1 fully saturated rings. The van der Waals surface area contributed by atoms with Crippen molar-refractivity contribution in [2.45, 2.75) is 71.2 Å². The highest BCUT2D eigenvalue weighted by atomic mass is 16.6. The van der Waals surface area contributed by atoms with Crippen molar-refractivity contribution in [2.24, 2.45) is 0 Å². The van der Waals surface area contributed by atoms with Crippen molar-refractivity contribution in [3.05, 3.63) is 18.0 Å². The summed E-state index contributed by atoms with van der Waals surface area (Å²) in [4.78, 5) is 15.1. The molecule has 1 aromatic heterocycles. The van der Waals surface area contributed by atoms with Gasteiger partial charge in [0.05, 0.1) is 12.8 Å². The lowest BCUT2D eigenvalue weighted by atomic mass is 9.96. The van der Waals surface area contributed by atoms with Gasteiger partial charge < -0.3 is 9.47 Å². The van der Waals surface area contributed by atoms with Gasteiger partial charge in [-0.3, -0.25) is 9.58 Å². The number of carbonyl (C=O) groups excluding carboxylic acids is 1. The molecule has 0 spiro atoms. The Kier molecular flexibility index (Phi) is 5.71. The molecule has 0 aromatic carbocycles. The molecule has 0 radical (unpaired) electrons. The van der Waals surface area contributed by atoms with E-state index in [4.69, 9.17) is 9.47 Å². The third-order valence-corrected chi connectivity index (χ3v) is 4.34. The van der Waals surface area contributed by atoms with Crippen LogP contribution in [0.3, 0.4) is 0 Å². The number of likely N-dealkylation sites (tertiary alicyclic amines) is 1. The first-order valence-electron chi connectivity index (χ1n) is 8.68. The molecule has 1 unspecified atom stereocenters. The van der Waals surface area contributed by atoms with Gasteiger partial charge in [-0.1, -0.05) is 0 Å². The summed E-state index contributed by atoms with van der Waals surface area (Å²) in [6.07, 6.45) is 5.65. The van der Waals surface area contributed by atoms with Crippen LogP contribution in [0.15, 0.2) is 12.4 Å². The van der Waals surface area contributed by atoms with Crippen LogP contribution in [-0.4, -0.2) is 52.1 Å². The Balaban J connectivity index is 2.20. The Morgan fingerprint density at radius 1 is 1.42 bits per heavy atom. The first kappa shape index (κ1) is 18.9. The van der Waals surface area contributed by atoms with Gasteiger partial charge in [0.2, 0.25) is 0 Å². The lowest BCUT2D eigenvalue weighted by molar-refractivity contribution is -0.172. The zero-order valence-electron chi connectivity index (χ0n) is 15.8. The summed E-state index contributed by atoms with van der Waals surface area (Å²) in [5.41, 5.74) is -0.106. The fourth-order valence-electron chi connectivity index (χ4n) is 3.19. The van der Waals surface area contributed by atoms with Gasteiger partial charge in [-0.05, 0) is 54.0 Å². The third kappa shape index (κ3) is 4.16. The SMILES string of the molecule is COCC1(C(=O)OC(C)(C)C)CCCN1Cc1cnn(C(C)C)c1. The minimum Gasteiger partial charge on any atom is -0.459 e. The van der Waals surface area contributed by atoms with E-state index in [0.717, 1.165) is 24.9 Å². The lowest BCUT2D eigenvalue weighted by Crippen LogP contribution is -2.55. The minimum atomic E-state index is -0.706. The number of rotatable bonds is 6. The van der Waals surface area contributed by atoms with Crippen LogP contribution in [0, 0.1) is 0 Å². The molecule has 0 aliphatic carbocycles. The van der Waals surface area contributed by atoms with Gasteiger partial charge in [0, 0.05) is 31.5 Å². The van der Waals surface area contributed by atoms with Crippen LogP contribution in [0.25, 0.3) is 0 Å². The zero-order chi connectivity index (χ0) is 18.0. The van der Waals surface area contributed by atoms with Crippen LogP contribution in [-0.2, 0) is 20.8 Å². The van der Waals surface area contributed by atoms with Crippen LogP contribution < -0.4 is 0 Å². The summed E-state index contributed by atoms with van der Waals surface area (Å²) in [5, 5.41) is 4.40. The summed E-state index contributed by atoms with van der Waals surface area (Å²) in [5.74, 6) is -0.189. The maximum atomic E-state index is 12.9. The summed E-state index contributed by atoms with van der Waals surface area (Å²) in [6, 6.07) is 0.326. The highest BCUT2D eigenvalue weighted by molar-refractivity contribution is 5.82. The first-order chi connectivity index (χ1) is 11.2. The molecule has 136 valence electrons. The van der Waals surface area contributed by atoms with E-state index in [2.05, 4.69) is 30.0 Å². The Bertz CT molecular complexity index is 562. The average molecular weight is 337 g/mol. The molecule has 1 aromatic rings. The molecule has 1 aliphatic rings. The van der Waals surface area contributed by atoms with E-state index in [1.807, 2.05) is 31.6 Å². The van der Waals surface area contributed by atoms with E-state index in [1.54, 1.807) is 7.11 Å². The van der Waals surface area contributed by atoms with Crippen molar-refractivity contribution in [1.82, 2.24) is 14.7 Å². The molecule has 2 rings (SSSR count). The van der Waals surface area contributed by atoms with Gasteiger partial charge in [0.1, 0.15) is 11.1 Å². The Labute approximate surface area is 145 Å². The van der Waals surface area contributed by atoms with Crippen LogP contribution in [0.5, 0.6) is 0 Å². The molecule has 6 heteroatoms. The smallest absolute Gasteiger partial charge is 0.329 e. The summed E-state index contributed by atoms with van der Waals surface area (Å²) >= 11 is 0. The highest BCUT2D eigenvalue weighted by Crippen LogP contribution is 2.34. The molecule has 1 saturated heterocycles. The minimum absolute atomic E-state index is 0.189. The van der Waals surface area contributed by atoms with E-state index < -0.39 is 11.1 Å². The van der Waals surface area contributed by atoms with Crippen LogP contribution >= 0.6 is 0 Å². The molecular formula is C18H31N3O3. The second-order valence-electron chi connectivity index (χ2n) is 7.91. The van der Waals surface area contributed by atoms with Crippen molar-refractivity contribution in [2.75, 3.05) is 20.3 Å². The standard InChI is InChI=1S/C18H31N3O3/c1-14(2)21-12-15(10-19-21)11-20-9-7-8-18(20,13-23-6)16(22)24-17(3,4)5/h10,12,14H,7-9,11,13H2,1-6H3. The Morgan fingerprint density at radius 3 is 2.67 bits per heavy atom. The Morgan fingerprint density at radius 2 is 2.12 bits per heavy atom. The van der Waals surface area contributed by atoms with E-state index >= 15 is 0 Å². The fraction of sp³-hybridized carbons (Fsp3) is 0.778. The van der Waals surface area contributed by atoms with Gasteiger partial charge in [0.15, 0.2) is 0 Å². The molecule has 1 atom stereocenters. The number of hydrogen-bond acceptors (Lipinski definition) is 5. The largest absolute Gasteiger partial charge is 0.459 e. The number of aromatic nitrogens is 2. The summed E-state index contributed by atoms with van der Waals surface area (Å²) in [6.45, 7) is 11.8. The predicted molar refractivity (Wildman–Crippen MR) is 92.7 cm³/mol. The number of methoxy groups -OCH3 is 1. The van der Waals surface area contributed by atoms with Gasteiger partial charge in [-0.15, -0.1) is 0 Å². The number of ether oxygens (including phenoxy) is 2. The molecule has 2 heterocycles. The molecule has 0 bridgehead atoms. The summed E-state index contributed by atoms with van der Waals surface area (Å²) in [7, 11) is 1.64. The van der Waals surface area contributed by atoms with Crippen molar-refractivity contribution >= 4 is 5.97 Å². The molecule has 0 N–H and O–H groups in total. The molecule has 0 saturated carbocycles. The van der Waals surface area contributed by atoms with Gasteiger partial charge in [0.25, 0.3) is 0 Å². The highest BCUT2D eigenvalue weighted by Gasteiger charge is 2.49. The number of hydrogen-bond donors (Lipinski definition) is 0. The van der Waals surface area contributed by atoms with Crippen LogP contribution in [0.1, 0.15) is 59.1 Å². The maximum Gasteiger partial charge on any atom is 0.329 e. The van der Waals surface area contributed by atoms with Gasteiger partial charge in [-0.25, -0.2) is 4.79 Å². The van der Waals surface area contributed by atoms with E-state index in [0.29, 0.717) is 19.2 Å². The topological polar surface area (TPSA) is 56.6 Å². The molecule has 6 nitrogen and oxygen atoms in total. The van der Waals surface area contributed by atoms with Gasteiger partial charge in [-0.2, -0.15) is 5.10 Å². The molecule has 0 amide bonds. The monoisotopic (exact) mass is 337 g/mol. The summed E-state index contributed by atoms with van der Waals surface area (Å²) < 4.78 is 13.1. The maximum absolute atomic E-state index is 12.9. The molecule has 24 heavy (non-hydrogen) atoms. The predicted octanol–water partition coefficient (Wildman–Crippen LogP) is 2.79. The van der Waals surface area contributed by atoms with Gasteiger partial charge >= 0.3 is 5.97 Å². The van der Waals surface area contributed by atoms with Crippen molar-refractivity contribution in [3.63, 3.8) is 0 Å². The van der Waals surface area contributed by atoms with E-state index in [1.165, 1.54) is 0 Å². The quantitative estimate of drug-likeness (QED) is 0.747. The normalized spacial score (nSPS) is 22.3. The first-order valence-corrected chi connectivity index (χ1v) is 8.68. The van der Waals surface area contributed by atoms with E-state index in [-0.39, 0.29) is 5.97 Å². The van der Waals surface area contributed by atoms with Crippen molar-refractivity contribution in [3.8, 4) is 0 Å². The number of nitrogens with zero attached hydrogens (tertiary/aromatic N) is 3. The van der Waals surface area contributed by atoms with Crippen molar-refractivity contribution < 1.29 is 14.3 Å². The van der Waals surface area contributed by atoms with Crippen LogP contribution in [0.2, 0.25) is 0 Å².